The number of nitrogens with one attached hydrogen (secondary N) is 1. The number of fused-ring (bicyclic) bond motifs is 6. The number of aromatic nitrogens is 2. The van der Waals surface area contributed by atoms with Gasteiger partial charge >= 0.3 is 0 Å². The minimum absolute atomic E-state index is 1.06. The second-order valence-electron chi connectivity index (χ2n) is 8.47. The molecule has 0 unspecified atom stereocenters. The molecule has 0 saturated heterocycles. The van der Waals surface area contributed by atoms with Gasteiger partial charge in [0.25, 0.3) is 0 Å². The fourth-order valence-corrected chi connectivity index (χ4v) is 5.65. The van der Waals surface area contributed by atoms with Gasteiger partial charge in [-0.05, 0) is 42.0 Å². The summed E-state index contributed by atoms with van der Waals surface area (Å²) in [6.45, 7) is 0. The maximum atomic E-state index is 3.80. The number of para-hydroxylation sites is 4. The Morgan fingerprint density at radius 3 is 1.97 bits per heavy atom. The van der Waals surface area contributed by atoms with E-state index in [0.717, 1.165) is 15.7 Å². The highest BCUT2D eigenvalue weighted by molar-refractivity contribution is 9.10. The first-order chi connectivity index (χ1) is 16.3. The smallest absolute Gasteiger partial charge is 0.0544 e. The van der Waals surface area contributed by atoms with Crippen LogP contribution in [0, 0.1) is 0 Å². The standard InChI is InChI=1S/C30H19BrN2/c31-20-16-19(22-11-7-12-26-23-8-1-4-13-27(23)32-30(22)26)17-21(18-20)33-28-14-5-2-9-24(28)25-10-3-6-15-29(25)33/h1-18,32H. The topological polar surface area (TPSA) is 20.7 Å². The summed E-state index contributed by atoms with van der Waals surface area (Å²) in [4.78, 5) is 3.66. The number of nitrogens with zero attached hydrogens (tertiary/aromatic N) is 1. The van der Waals surface area contributed by atoms with Crippen molar-refractivity contribution in [3.8, 4) is 16.8 Å². The lowest BCUT2D eigenvalue weighted by molar-refractivity contribution is 1.18. The third-order valence-electron chi connectivity index (χ3n) is 6.57. The molecular formula is C30H19BrN2. The Kier molecular flexibility index (Phi) is 4.02. The van der Waals surface area contributed by atoms with E-state index in [-0.39, 0.29) is 0 Å². The zero-order valence-corrected chi connectivity index (χ0v) is 19.3. The summed E-state index contributed by atoms with van der Waals surface area (Å²) >= 11 is 3.80. The van der Waals surface area contributed by atoms with Crippen LogP contribution in [0.3, 0.4) is 0 Å². The molecule has 0 amide bonds. The van der Waals surface area contributed by atoms with Crippen LogP contribution in [-0.2, 0) is 0 Å². The zero-order valence-electron chi connectivity index (χ0n) is 17.7. The molecule has 2 aromatic heterocycles. The predicted octanol–water partition coefficient (Wildman–Crippen LogP) is 8.85. The van der Waals surface area contributed by atoms with Gasteiger partial charge in [0.2, 0.25) is 0 Å². The van der Waals surface area contributed by atoms with Gasteiger partial charge in [-0.3, -0.25) is 0 Å². The van der Waals surface area contributed by atoms with Crippen molar-refractivity contribution < 1.29 is 0 Å². The van der Waals surface area contributed by atoms with E-state index in [1.807, 2.05) is 0 Å². The number of H-pyrrole nitrogens is 1. The van der Waals surface area contributed by atoms with E-state index in [2.05, 4.69) is 135 Å². The van der Waals surface area contributed by atoms with Crippen molar-refractivity contribution in [2.24, 2.45) is 0 Å². The number of rotatable bonds is 2. The molecule has 0 aliphatic heterocycles. The van der Waals surface area contributed by atoms with E-state index in [4.69, 9.17) is 0 Å². The van der Waals surface area contributed by atoms with Gasteiger partial charge in [0.15, 0.2) is 0 Å². The fraction of sp³-hybridized carbons (Fsp3) is 0. The average Bonchev–Trinajstić information content (AvgIpc) is 3.39. The molecule has 0 radical (unpaired) electrons. The lowest BCUT2D eigenvalue weighted by Gasteiger charge is -2.12. The third kappa shape index (κ3) is 2.79. The maximum absolute atomic E-state index is 3.80. The van der Waals surface area contributed by atoms with Gasteiger partial charge in [-0.25, -0.2) is 0 Å². The first-order valence-electron chi connectivity index (χ1n) is 11.1. The van der Waals surface area contributed by atoms with Crippen LogP contribution in [0.25, 0.3) is 60.4 Å². The molecule has 2 nitrogen and oxygen atoms in total. The Bertz CT molecular complexity index is 1780. The van der Waals surface area contributed by atoms with Crippen LogP contribution in [0.1, 0.15) is 0 Å². The van der Waals surface area contributed by atoms with Crippen LogP contribution in [0.15, 0.2) is 114 Å². The summed E-state index contributed by atoms with van der Waals surface area (Å²) in [5, 5.41) is 5.05. The average molecular weight is 487 g/mol. The van der Waals surface area contributed by atoms with Crippen molar-refractivity contribution in [1.82, 2.24) is 9.55 Å². The minimum Gasteiger partial charge on any atom is -0.354 e. The summed E-state index contributed by atoms with van der Waals surface area (Å²) in [7, 11) is 0. The Hall–Kier alpha value is -3.82. The number of hydrogen-bond acceptors (Lipinski definition) is 0. The van der Waals surface area contributed by atoms with Crippen LogP contribution >= 0.6 is 15.9 Å². The van der Waals surface area contributed by atoms with Gasteiger partial charge in [-0.2, -0.15) is 0 Å². The van der Waals surface area contributed by atoms with Gasteiger partial charge in [-0.15, -0.1) is 0 Å². The van der Waals surface area contributed by atoms with Crippen molar-refractivity contribution in [1.29, 1.82) is 0 Å². The molecule has 0 aliphatic carbocycles. The molecule has 7 aromatic rings. The number of benzene rings is 5. The van der Waals surface area contributed by atoms with Crippen LogP contribution in [0.2, 0.25) is 0 Å². The third-order valence-corrected chi connectivity index (χ3v) is 7.03. The van der Waals surface area contributed by atoms with E-state index < -0.39 is 0 Å². The van der Waals surface area contributed by atoms with Crippen LogP contribution < -0.4 is 0 Å². The van der Waals surface area contributed by atoms with Crippen molar-refractivity contribution in [2.75, 3.05) is 0 Å². The number of aromatic amines is 1. The second-order valence-corrected chi connectivity index (χ2v) is 9.38. The molecule has 3 heteroatoms. The van der Waals surface area contributed by atoms with Crippen LogP contribution in [0.4, 0.5) is 0 Å². The molecule has 2 heterocycles. The second kappa shape index (κ2) is 7.09. The molecule has 5 aromatic carbocycles. The summed E-state index contributed by atoms with van der Waals surface area (Å²) < 4.78 is 3.43. The van der Waals surface area contributed by atoms with E-state index in [1.54, 1.807) is 0 Å². The molecule has 0 bridgehead atoms. The lowest BCUT2D eigenvalue weighted by Crippen LogP contribution is -1.95. The van der Waals surface area contributed by atoms with Crippen molar-refractivity contribution in [2.45, 2.75) is 0 Å². The minimum atomic E-state index is 1.06. The molecule has 0 atom stereocenters. The Labute approximate surface area is 199 Å². The quantitative estimate of drug-likeness (QED) is 0.252. The zero-order chi connectivity index (χ0) is 21.9. The highest BCUT2D eigenvalue weighted by Gasteiger charge is 2.15. The van der Waals surface area contributed by atoms with E-state index in [9.17, 15) is 0 Å². The molecule has 7 rings (SSSR count). The highest BCUT2D eigenvalue weighted by Crippen LogP contribution is 2.37. The lowest BCUT2D eigenvalue weighted by atomic mass is 10.0. The Balaban J connectivity index is 1.53. The van der Waals surface area contributed by atoms with Gasteiger partial charge in [0.1, 0.15) is 0 Å². The van der Waals surface area contributed by atoms with Crippen molar-refractivity contribution >= 4 is 59.5 Å². The fourth-order valence-electron chi connectivity index (χ4n) is 5.17. The molecular weight excluding hydrogens is 468 g/mol. The normalized spacial score (nSPS) is 11.8. The van der Waals surface area contributed by atoms with Crippen LogP contribution in [0.5, 0.6) is 0 Å². The number of hydrogen-bond donors (Lipinski definition) is 1. The van der Waals surface area contributed by atoms with E-state index in [1.165, 1.54) is 49.2 Å². The largest absolute Gasteiger partial charge is 0.354 e. The van der Waals surface area contributed by atoms with E-state index >= 15 is 0 Å². The van der Waals surface area contributed by atoms with Gasteiger partial charge in [0.05, 0.1) is 16.6 Å². The molecule has 0 aliphatic rings. The summed E-state index contributed by atoms with van der Waals surface area (Å²) in [6, 6.07) is 39.0. The molecule has 1 N–H and O–H groups in total. The van der Waals surface area contributed by atoms with Gasteiger partial charge in [-0.1, -0.05) is 88.7 Å². The molecule has 33 heavy (non-hydrogen) atoms. The van der Waals surface area contributed by atoms with Crippen molar-refractivity contribution in [3.63, 3.8) is 0 Å². The van der Waals surface area contributed by atoms with Gasteiger partial charge < -0.3 is 9.55 Å². The van der Waals surface area contributed by atoms with Crippen molar-refractivity contribution in [3.05, 3.63) is 114 Å². The Morgan fingerprint density at radius 1 is 0.576 bits per heavy atom. The molecule has 156 valence electrons. The molecule has 0 fully saturated rings. The summed E-state index contributed by atoms with van der Waals surface area (Å²) in [5.41, 5.74) is 8.29. The monoisotopic (exact) mass is 486 g/mol. The first-order valence-corrected chi connectivity index (χ1v) is 11.9. The Morgan fingerprint density at radius 2 is 1.21 bits per heavy atom. The highest BCUT2D eigenvalue weighted by atomic mass is 79.9. The number of halogens is 1. The summed E-state index contributed by atoms with van der Waals surface area (Å²) in [5.74, 6) is 0. The van der Waals surface area contributed by atoms with Gasteiger partial charge in [0, 0.05) is 42.8 Å². The SMILES string of the molecule is Brc1cc(-c2cccc3c2[nH]c2ccccc23)cc(-n2c3ccccc3c3ccccc32)c1. The summed E-state index contributed by atoms with van der Waals surface area (Å²) in [6.07, 6.45) is 0. The first kappa shape index (κ1) is 18.7. The molecule has 0 saturated carbocycles. The van der Waals surface area contributed by atoms with Crippen LogP contribution in [-0.4, -0.2) is 9.55 Å². The maximum Gasteiger partial charge on any atom is 0.0544 e. The molecule has 0 spiro atoms. The van der Waals surface area contributed by atoms with E-state index in [0.29, 0.717) is 0 Å². The predicted molar refractivity (Wildman–Crippen MR) is 143 cm³/mol.